The first kappa shape index (κ1) is 21.2. The van der Waals surface area contributed by atoms with Crippen LogP contribution in [0.1, 0.15) is 96.3 Å². The Morgan fingerprint density at radius 3 is 2.03 bits per heavy atom. The number of aliphatic hydroxyl groups is 1. The van der Waals surface area contributed by atoms with Crippen molar-refractivity contribution in [3.63, 3.8) is 0 Å². The Bertz CT molecular complexity index is 703. The third-order valence-electron chi connectivity index (χ3n) is 8.88. The van der Waals surface area contributed by atoms with Crippen LogP contribution < -0.4 is 0 Å². The molecule has 4 atom stereocenters. The molecule has 7 aliphatic rings. The molecule has 0 aromatic rings. The lowest BCUT2D eigenvalue weighted by molar-refractivity contribution is -0.268. The SMILES string of the molecule is O=C(CC12CCC(CC1)CC2)O[C@@]12C[C@H]3C[C@@](O)(C1)C[C@](OC(=O)CCCBr)(C3)C2. The van der Waals surface area contributed by atoms with Gasteiger partial charge in [0.05, 0.1) is 12.0 Å². The topological polar surface area (TPSA) is 72.8 Å². The molecule has 0 aromatic carbocycles. The number of hydrogen-bond acceptors (Lipinski definition) is 5. The molecule has 5 nitrogen and oxygen atoms in total. The van der Waals surface area contributed by atoms with Gasteiger partial charge in [0.2, 0.25) is 0 Å². The van der Waals surface area contributed by atoms with Crippen LogP contribution in [0.3, 0.4) is 0 Å². The molecule has 6 bridgehead atoms. The van der Waals surface area contributed by atoms with Gasteiger partial charge in [-0.25, -0.2) is 0 Å². The van der Waals surface area contributed by atoms with Crippen LogP contribution in [-0.4, -0.2) is 39.2 Å². The van der Waals surface area contributed by atoms with E-state index >= 15 is 0 Å². The molecule has 7 rings (SSSR count). The van der Waals surface area contributed by atoms with Gasteiger partial charge in [0.1, 0.15) is 11.2 Å². The summed E-state index contributed by atoms with van der Waals surface area (Å²) >= 11 is 3.36. The maximum atomic E-state index is 13.1. The highest BCUT2D eigenvalue weighted by Crippen LogP contribution is 2.62. The van der Waals surface area contributed by atoms with Gasteiger partial charge in [0, 0.05) is 31.0 Å². The average molecular weight is 483 g/mol. The van der Waals surface area contributed by atoms with Crippen LogP contribution in [0.15, 0.2) is 0 Å². The molecule has 0 spiro atoms. The molecule has 0 unspecified atom stereocenters. The van der Waals surface area contributed by atoms with Crippen molar-refractivity contribution < 1.29 is 24.2 Å². The van der Waals surface area contributed by atoms with Gasteiger partial charge in [0.25, 0.3) is 0 Å². The largest absolute Gasteiger partial charge is 0.459 e. The fraction of sp³-hybridized carbons (Fsp3) is 0.917. The van der Waals surface area contributed by atoms with Crippen LogP contribution in [0.4, 0.5) is 0 Å². The number of carbonyl (C=O) groups is 2. The van der Waals surface area contributed by atoms with Crippen LogP contribution >= 0.6 is 15.9 Å². The van der Waals surface area contributed by atoms with Crippen LogP contribution in [0.2, 0.25) is 0 Å². The minimum absolute atomic E-state index is 0.0957. The second kappa shape index (κ2) is 7.47. The quantitative estimate of drug-likeness (QED) is 0.416. The van der Waals surface area contributed by atoms with Gasteiger partial charge in [-0.2, -0.15) is 0 Å². The zero-order valence-corrected chi connectivity index (χ0v) is 19.5. The minimum atomic E-state index is -0.878. The average Bonchev–Trinajstić information content (AvgIpc) is 2.64. The van der Waals surface area contributed by atoms with E-state index in [1.54, 1.807) is 0 Å². The molecule has 7 fully saturated rings. The number of esters is 2. The summed E-state index contributed by atoms with van der Waals surface area (Å²) in [6.07, 6.45) is 12.7. The molecule has 7 saturated carbocycles. The van der Waals surface area contributed by atoms with E-state index in [-0.39, 0.29) is 23.3 Å². The molecule has 6 heteroatoms. The van der Waals surface area contributed by atoms with Gasteiger partial charge in [-0.1, -0.05) is 15.9 Å². The Morgan fingerprint density at radius 1 is 0.867 bits per heavy atom. The number of ether oxygens (including phenoxy) is 2. The molecule has 168 valence electrons. The molecule has 30 heavy (non-hydrogen) atoms. The lowest BCUT2D eigenvalue weighted by Crippen LogP contribution is -2.68. The lowest BCUT2D eigenvalue weighted by Gasteiger charge is -2.63. The van der Waals surface area contributed by atoms with Crippen LogP contribution in [0, 0.1) is 17.3 Å². The van der Waals surface area contributed by atoms with Gasteiger partial charge in [-0.05, 0) is 81.5 Å². The summed E-state index contributed by atoms with van der Waals surface area (Å²) < 4.78 is 12.3. The Labute approximate surface area is 187 Å². The monoisotopic (exact) mass is 482 g/mol. The Hall–Kier alpha value is -0.620. The molecule has 1 N–H and O–H groups in total. The van der Waals surface area contributed by atoms with E-state index in [2.05, 4.69) is 15.9 Å². The van der Waals surface area contributed by atoms with Crippen LogP contribution in [0.5, 0.6) is 0 Å². The predicted molar refractivity (Wildman–Crippen MR) is 115 cm³/mol. The summed E-state index contributed by atoms with van der Waals surface area (Å²) in [7, 11) is 0. The number of halogens is 1. The molecule has 0 amide bonds. The number of carbonyl (C=O) groups excluding carboxylic acids is 2. The number of hydrogen-bond donors (Lipinski definition) is 1. The van der Waals surface area contributed by atoms with E-state index in [4.69, 9.17) is 9.47 Å². The van der Waals surface area contributed by atoms with Crippen molar-refractivity contribution in [1.29, 1.82) is 0 Å². The summed E-state index contributed by atoms with van der Waals surface area (Å²) in [5.41, 5.74) is -2.07. The molecular weight excluding hydrogens is 448 g/mol. The Morgan fingerprint density at radius 2 is 1.47 bits per heavy atom. The first-order chi connectivity index (χ1) is 14.2. The van der Waals surface area contributed by atoms with E-state index in [1.165, 1.54) is 19.3 Å². The van der Waals surface area contributed by atoms with Gasteiger partial charge >= 0.3 is 11.9 Å². The summed E-state index contributed by atoms with van der Waals surface area (Å²) in [6.45, 7) is 0. The second-order valence-corrected chi connectivity index (χ2v) is 12.3. The third kappa shape index (κ3) is 3.96. The maximum absolute atomic E-state index is 13.1. The molecule has 0 aliphatic heterocycles. The third-order valence-corrected chi connectivity index (χ3v) is 9.44. The zero-order chi connectivity index (χ0) is 21.0. The molecule has 0 aromatic heterocycles. The summed E-state index contributed by atoms with van der Waals surface area (Å²) in [5, 5.41) is 12.0. The molecule has 0 radical (unpaired) electrons. The van der Waals surface area contributed by atoms with E-state index in [1.807, 2.05) is 0 Å². The number of alkyl halides is 1. The highest BCUT2D eigenvalue weighted by atomic mass is 79.9. The van der Waals surface area contributed by atoms with Crippen LogP contribution in [-0.2, 0) is 19.1 Å². The van der Waals surface area contributed by atoms with Gasteiger partial charge in [0.15, 0.2) is 0 Å². The summed E-state index contributed by atoms with van der Waals surface area (Å²) in [6, 6.07) is 0. The summed E-state index contributed by atoms with van der Waals surface area (Å²) in [5.74, 6) is 0.840. The van der Waals surface area contributed by atoms with Gasteiger partial charge in [-0.15, -0.1) is 0 Å². The molecule has 0 saturated heterocycles. The van der Waals surface area contributed by atoms with Gasteiger partial charge < -0.3 is 14.6 Å². The van der Waals surface area contributed by atoms with Crippen molar-refractivity contribution in [3.8, 4) is 0 Å². The fourth-order valence-electron chi connectivity index (χ4n) is 8.13. The maximum Gasteiger partial charge on any atom is 0.306 e. The highest BCUT2D eigenvalue weighted by Gasteiger charge is 2.66. The molecule has 0 heterocycles. The van der Waals surface area contributed by atoms with Crippen molar-refractivity contribution in [2.24, 2.45) is 17.3 Å². The van der Waals surface area contributed by atoms with E-state index in [9.17, 15) is 14.7 Å². The summed E-state index contributed by atoms with van der Waals surface area (Å²) in [4.78, 5) is 25.6. The van der Waals surface area contributed by atoms with E-state index < -0.39 is 16.8 Å². The Balaban J connectivity index is 1.29. The van der Waals surface area contributed by atoms with E-state index in [0.717, 1.165) is 56.2 Å². The van der Waals surface area contributed by atoms with E-state index in [0.29, 0.717) is 32.1 Å². The van der Waals surface area contributed by atoms with Crippen LogP contribution in [0.25, 0.3) is 0 Å². The first-order valence-corrected chi connectivity index (χ1v) is 13.1. The van der Waals surface area contributed by atoms with Crippen molar-refractivity contribution in [3.05, 3.63) is 0 Å². The Kier molecular flexibility index (Phi) is 5.29. The standard InChI is InChI=1S/C24H35BrO5/c25-9-1-2-19(26)29-23-11-18-10-22(28,14-23)15-24(12-18,16-23)30-20(27)13-21-6-3-17(4-7-21)5-8-21/h17-18,28H,1-16H2/t17?,18-,21?,22-,23+,24-/m0/s1. The molecule has 7 aliphatic carbocycles. The van der Waals surface area contributed by atoms with Crippen molar-refractivity contribution >= 4 is 27.9 Å². The second-order valence-electron chi connectivity index (χ2n) is 11.5. The smallest absolute Gasteiger partial charge is 0.306 e. The number of rotatable bonds is 7. The fourth-order valence-corrected chi connectivity index (χ4v) is 8.41. The normalized spacial score (nSPS) is 46.1. The number of fused-ring (bicyclic) bond motifs is 3. The highest BCUT2D eigenvalue weighted by molar-refractivity contribution is 9.09. The predicted octanol–water partition coefficient (Wildman–Crippen LogP) is 4.81. The lowest BCUT2D eigenvalue weighted by atomic mass is 9.50. The van der Waals surface area contributed by atoms with Crippen molar-refractivity contribution in [2.45, 2.75) is 113 Å². The van der Waals surface area contributed by atoms with Gasteiger partial charge in [-0.3, -0.25) is 9.59 Å². The minimum Gasteiger partial charge on any atom is -0.459 e. The van der Waals surface area contributed by atoms with Crippen molar-refractivity contribution in [2.75, 3.05) is 5.33 Å². The van der Waals surface area contributed by atoms with Crippen molar-refractivity contribution in [1.82, 2.24) is 0 Å². The first-order valence-electron chi connectivity index (χ1n) is 12.0. The molecular formula is C24H35BrO5. The zero-order valence-electron chi connectivity index (χ0n) is 17.9.